The van der Waals surface area contributed by atoms with Crippen molar-refractivity contribution in [3.05, 3.63) is 69.8 Å². The summed E-state index contributed by atoms with van der Waals surface area (Å²) in [6.07, 6.45) is 2.61. The van der Waals surface area contributed by atoms with Crippen molar-refractivity contribution in [3.8, 4) is 0 Å². The van der Waals surface area contributed by atoms with Gasteiger partial charge in [0.2, 0.25) is 17.7 Å². The van der Waals surface area contributed by atoms with E-state index in [9.17, 15) is 19.2 Å². The van der Waals surface area contributed by atoms with Crippen LogP contribution in [0.25, 0.3) is 0 Å². The minimum Gasteiger partial charge on any atom is -0.446 e. The quantitative estimate of drug-likeness (QED) is 0.395. The van der Waals surface area contributed by atoms with E-state index in [1.165, 1.54) is 22.5 Å². The molecular formula is C30H38N6O5S. The number of fused-ring (bicyclic) bond motifs is 4. The van der Waals surface area contributed by atoms with Gasteiger partial charge in [-0.15, -0.1) is 11.3 Å². The lowest BCUT2D eigenvalue weighted by Gasteiger charge is -2.25. The van der Waals surface area contributed by atoms with Crippen LogP contribution in [0.1, 0.15) is 90.1 Å². The number of oxazole rings is 1. The number of hydrogen-bond donors (Lipinski definition) is 3. The van der Waals surface area contributed by atoms with E-state index in [1.54, 1.807) is 5.38 Å². The van der Waals surface area contributed by atoms with Crippen LogP contribution in [-0.2, 0) is 16.0 Å². The van der Waals surface area contributed by atoms with Gasteiger partial charge in [0.1, 0.15) is 23.0 Å². The smallest absolute Gasteiger partial charge is 0.273 e. The predicted octanol–water partition coefficient (Wildman–Crippen LogP) is 3.67. The Morgan fingerprint density at radius 3 is 2.52 bits per heavy atom. The Morgan fingerprint density at radius 1 is 1.05 bits per heavy atom. The number of benzene rings is 1. The van der Waals surface area contributed by atoms with Gasteiger partial charge >= 0.3 is 0 Å². The van der Waals surface area contributed by atoms with E-state index in [0.29, 0.717) is 30.2 Å². The average Bonchev–Trinajstić information content (AvgIpc) is 3.64. The van der Waals surface area contributed by atoms with Gasteiger partial charge in [-0.1, -0.05) is 58.0 Å². The lowest BCUT2D eigenvalue weighted by atomic mass is 10.0. The third-order valence-corrected chi connectivity index (χ3v) is 7.86. The molecule has 12 heteroatoms. The van der Waals surface area contributed by atoms with Gasteiger partial charge in [0.15, 0.2) is 5.69 Å². The SMILES string of the molecule is CC(C)CCC(=O)N1CCNC(=O)c2coc(n2)[C@H](Cc2ccccc2)NC(=O)c2csc(n2)[C@H](C(C)C)NC(=O)C1. The molecule has 1 aliphatic rings. The predicted molar refractivity (Wildman–Crippen MR) is 158 cm³/mol. The molecule has 0 spiro atoms. The third-order valence-electron chi connectivity index (χ3n) is 6.93. The summed E-state index contributed by atoms with van der Waals surface area (Å²) < 4.78 is 5.67. The molecule has 11 nitrogen and oxygen atoms in total. The number of rotatable bonds is 6. The second kappa shape index (κ2) is 14.2. The van der Waals surface area contributed by atoms with Gasteiger partial charge < -0.3 is 25.3 Å². The molecule has 0 saturated carbocycles. The molecule has 0 saturated heterocycles. The number of carbonyl (C=O) groups excluding carboxylic acids is 4. The molecule has 1 aliphatic heterocycles. The molecule has 3 N–H and O–H groups in total. The van der Waals surface area contributed by atoms with Gasteiger partial charge in [-0.2, -0.15) is 0 Å². The Hall–Kier alpha value is -4.06. The molecule has 4 amide bonds. The summed E-state index contributed by atoms with van der Waals surface area (Å²) in [5.41, 5.74) is 1.19. The first-order valence-electron chi connectivity index (χ1n) is 14.2. The zero-order chi connectivity index (χ0) is 30.2. The van der Waals surface area contributed by atoms with Crippen molar-refractivity contribution in [2.45, 2.75) is 59.0 Å². The zero-order valence-corrected chi connectivity index (χ0v) is 25.2. The van der Waals surface area contributed by atoms with Crippen molar-refractivity contribution in [3.63, 3.8) is 0 Å². The summed E-state index contributed by atoms with van der Waals surface area (Å²) in [6, 6.07) is 8.44. The maximum absolute atomic E-state index is 13.3. The Bertz CT molecular complexity index is 1390. The summed E-state index contributed by atoms with van der Waals surface area (Å²) >= 11 is 1.28. The van der Waals surface area contributed by atoms with Crippen LogP contribution in [0, 0.1) is 11.8 Å². The van der Waals surface area contributed by atoms with Gasteiger partial charge in [-0.3, -0.25) is 19.2 Å². The molecule has 3 aromatic rings. The lowest BCUT2D eigenvalue weighted by molar-refractivity contribution is -0.136. The van der Waals surface area contributed by atoms with Gasteiger partial charge in [0.05, 0.1) is 12.6 Å². The number of amides is 4. The van der Waals surface area contributed by atoms with E-state index in [1.807, 2.05) is 58.0 Å². The first kappa shape index (κ1) is 30.9. The second-order valence-corrected chi connectivity index (χ2v) is 12.0. The minimum atomic E-state index is -0.667. The molecule has 0 radical (unpaired) electrons. The molecule has 1 aromatic carbocycles. The maximum Gasteiger partial charge on any atom is 0.273 e. The summed E-state index contributed by atoms with van der Waals surface area (Å²) in [5.74, 6) is -0.932. The molecule has 4 bridgehead atoms. The highest BCUT2D eigenvalue weighted by Gasteiger charge is 2.28. The number of carbonyl (C=O) groups is 4. The van der Waals surface area contributed by atoms with Crippen molar-refractivity contribution in [2.75, 3.05) is 19.6 Å². The van der Waals surface area contributed by atoms with Crippen molar-refractivity contribution in [1.82, 2.24) is 30.8 Å². The molecule has 0 fully saturated rings. The van der Waals surface area contributed by atoms with Gasteiger partial charge in [0.25, 0.3) is 11.8 Å². The fourth-order valence-electron chi connectivity index (χ4n) is 4.53. The first-order chi connectivity index (χ1) is 20.1. The standard InChI is InChI=1S/C30H38N6O5S/c1-18(2)10-11-25(38)36-13-12-31-27(39)22-16-41-29(33-22)21(14-20-8-6-5-7-9-20)32-28(40)23-17-42-30(34-23)26(19(3)4)35-24(37)15-36/h5-9,16-19,21,26H,10-15H2,1-4H3,(H,31,39)(H,32,40)(H,35,37)/t21-,26-/m0/s1. The van der Waals surface area contributed by atoms with Crippen LogP contribution in [0.3, 0.4) is 0 Å². The average molecular weight is 595 g/mol. The van der Waals surface area contributed by atoms with Crippen molar-refractivity contribution >= 4 is 35.0 Å². The molecule has 3 heterocycles. The zero-order valence-electron chi connectivity index (χ0n) is 24.4. The van der Waals surface area contributed by atoms with Crippen LogP contribution in [0.2, 0.25) is 0 Å². The monoisotopic (exact) mass is 594 g/mol. The van der Waals surface area contributed by atoms with E-state index < -0.39 is 23.9 Å². The van der Waals surface area contributed by atoms with E-state index in [0.717, 1.165) is 5.56 Å². The number of nitrogens with zero attached hydrogens (tertiary/aromatic N) is 3. The van der Waals surface area contributed by atoms with E-state index in [2.05, 4.69) is 25.9 Å². The summed E-state index contributed by atoms with van der Waals surface area (Å²) in [6.45, 7) is 8.09. The summed E-state index contributed by atoms with van der Waals surface area (Å²) in [4.78, 5) is 62.9. The minimum absolute atomic E-state index is 0.0254. The first-order valence-corrected chi connectivity index (χ1v) is 15.1. The molecule has 2 aromatic heterocycles. The summed E-state index contributed by atoms with van der Waals surface area (Å²) in [7, 11) is 0. The fraction of sp³-hybridized carbons (Fsp3) is 0.467. The number of hydrogen-bond acceptors (Lipinski definition) is 8. The molecule has 2 atom stereocenters. The van der Waals surface area contributed by atoms with Crippen LogP contribution in [0.15, 0.2) is 46.4 Å². The third kappa shape index (κ3) is 8.25. The number of aromatic nitrogens is 2. The Kier molecular flexibility index (Phi) is 10.5. The van der Waals surface area contributed by atoms with Crippen molar-refractivity contribution in [1.29, 1.82) is 0 Å². The molecular weight excluding hydrogens is 556 g/mol. The van der Waals surface area contributed by atoms with E-state index in [4.69, 9.17) is 4.42 Å². The largest absolute Gasteiger partial charge is 0.446 e. The van der Waals surface area contributed by atoms with Crippen LogP contribution in [0.5, 0.6) is 0 Å². The van der Waals surface area contributed by atoms with E-state index in [-0.39, 0.29) is 54.6 Å². The normalized spacial score (nSPS) is 18.7. The molecule has 4 rings (SSSR count). The van der Waals surface area contributed by atoms with Crippen LogP contribution in [-0.4, -0.2) is 58.1 Å². The van der Waals surface area contributed by atoms with Gasteiger partial charge in [0, 0.05) is 31.3 Å². The molecule has 42 heavy (non-hydrogen) atoms. The number of nitrogens with one attached hydrogen (secondary N) is 3. The maximum atomic E-state index is 13.3. The van der Waals surface area contributed by atoms with Gasteiger partial charge in [-0.25, -0.2) is 9.97 Å². The van der Waals surface area contributed by atoms with E-state index >= 15 is 0 Å². The van der Waals surface area contributed by atoms with Gasteiger partial charge in [-0.05, 0) is 23.8 Å². The van der Waals surface area contributed by atoms with Crippen molar-refractivity contribution in [2.24, 2.45) is 11.8 Å². The number of thiazole rings is 1. The summed E-state index contributed by atoms with van der Waals surface area (Å²) in [5, 5.41) is 11.0. The Balaban J connectivity index is 1.65. The lowest BCUT2D eigenvalue weighted by Crippen LogP contribution is -2.45. The Morgan fingerprint density at radius 2 is 1.81 bits per heavy atom. The Labute approximate surface area is 249 Å². The van der Waals surface area contributed by atoms with Crippen molar-refractivity contribution < 1.29 is 23.6 Å². The van der Waals surface area contributed by atoms with Crippen LogP contribution < -0.4 is 16.0 Å². The highest BCUT2D eigenvalue weighted by Crippen LogP contribution is 2.26. The highest BCUT2D eigenvalue weighted by atomic mass is 32.1. The fourth-order valence-corrected chi connectivity index (χ4v) is 5.55. The molecule has 224 valence electrons. The van der Waals surface area contributed by atoms with Crippen LogP contribution >= 0.6 is 11.3 Å². The topological polar surface area (TPSA) is 147 Å². The second-order valence-electron chi connectivity index (χ2n) is 11.2. The highest BCUT2D eigenvalue weighted by molar-refractivity contribution is 7.09. The molecule has 0 unspecified atom stereocenters. The molecule has 0 aliphatic carbocycles. The van der Waals surface area contributed by atoms with Crippen LogP contribution in [0.4, 0.5) is 0 Å².